The SMILES string of the molecule is O=C(/C(=C\c1ccccc1Cl)n1cnc2ccccc21)c1ccccc1. The Morgan fingerprint density at radius 2 is 1.58 bits per heavy atom. The number of carbonyl (C=O) groups excluding carboxylic acids is 1. The number of halogens is 1. The highest BCUT2D eigenvalue weighted by molar-refractivity contribution is 6.34. The fourth-order valence-electron chi connectivity index (χ4n) is 2.87. The van der Waals surface area contributed by atoms with Crippen LogP contribution in [-0.4, -0.2) is 15.3 Å². The number of imidazole rings is 1. The van der Waals surface area contributed by atoms with Crippen molar-refractivity contribution in [1.82, 2.24) is 9.55 Å². The van der Waals surface area contributed by atoms with Crippen LogP contribution in [0.3, 0.4) is 0 Å². The van der Waals surface area contributed by atoms with Gasteiger partial charge in [0.25, 0.3) is 0 Å². The molecule has 0 fully saturated rings. The van der Waals surface area contributed by atoms with Crippen molar-refractivity contribution >= 4 is 40.2 Å². The molecule has 0 unspecified atom stereocenters. The summed E-state index contributed by atoms with van der Waals surface area (Å²) < 4.78 is 1.81. The van der Waals surface area contributed by atoms with E-state index in [9.17, 15) is 4.79 Å². The summed E-state index contributed by atoms with van der Waals surface area (Å²) in [5, 5.41) is 0.593. The van der Waals surface area contributed by atoms with Gasteiger partial charge in [0.1, 0.15) is 6.33 Å². The molecule has 4 heteroatoms. The van der Waals surface area contributed by atoms with Crippen LogP contribution < -0.4 is 0 Å². The predicted octanol–water partition coefficient (Wildman–Crippen LogP) is 5.57. The summed E-state index contributed by atoms with van der Waals surface area (Å²) >= 11 is 6.32. The average molecular weight is 359 g/mol. The second kappa shape index (κ2) is 6.98. The first-order chi connectivity index (χ1) is 12.7. The molecular formula is C22H15ClN2O. The Balaban J connectivity index is 1.93. The fourth-order valence-corrected chi connectivity index (χ4v) is 3.06. The number of carbonyl (C=O) groups is 1. The molecule has 26 heavy (non-hydrogen) atoms. The van der Waals surface area contributed by atoms with Crippen LogP contribution in [0.15, 0.2) is 85.2 Å². The van der Waals surface area contributed by atoms with E-state index in [1.54, 1.807) is 6.33 Å². The van der Waals surface area contributed by atoms with Crippen LogP contribution in [0.5, 0.6) is 0 Å². The van der Waals surface area contributed by atoms with Crippen molar-refractivity contribution in [3.8, 4) is 0 Å². The minimum atomic E-state index is -0.0892. The molecule has 0 bridgehead atoms. The summed E-state index contributed by atoms with van der Waals surface area (Å²) in [4.78, 5) is 17.7. The molecule has 0 atom stereocenters. The zero-order chi connectivity index (χ0) is 17.9. The monoisotopic (exact) mass is 358 g/mol. The molecule has 3 nitrogen and oxygen atoms in total. The first-order valence-corrected chi connectivity index (χ1v) is 8.60. The van der Waals surface area contributed by atoms with E-state index in [0.717, 1.165) is 16.6 Å². The highest BCUT2D eigenvalue weighted by Gasteiger charge is 2.17. The summed E-state index contributed by atoms with van der Waals surface area (Å²) in [6, 6.07) is 24.4. The smallest absolute Gasteiger partial charge is 0.209 e. The van der Waals surface area contributed by atoms with Gasteiger partial charge in [-0.1, -0.05) is 72.3 Å². The number of allylic oxidation sites excluding steroid dienone is 1. The normalized spacial score (nSPS) is 11.7. The van der Waals surface area contributed by atoms with Crippen LogP contribution in [0.25, 0.3) is 22.8 Å². The number of hydrogen-bond donors (Lipinski definition) is 0. The van der Waals surface area contributed by atoms with Gasteiger partial charge >= 0.3 is 0 Å². The quantitative estimate of drug-likeness (QED) is 0.353. The Labute approximate surface area is 156 Å². The number of rotatable bonds is 4. The minimum Gasteiger partial charge on any atom is -0.295 e. The molecular weight excluding hydrogens is 344 g/mol. The molecule has 0 N–H and O–H groups in total. The van der Waals surface area contributed by atoms with E-state index in [1.165, 1.54) is 0 Å². The lowest BCUT2D eigenvalue weighted by molar-refractivity contribution is 0.105. The van der Waals surface area contributed by atoms with Crippen molar-refractivity contribution in [2.75, 3.05) is 0 Å². The second-order valence-corrected chi connectivity index (χ2v) is 6.26. The zero-order valence-corrected chi connectivity index (χ0v) is 14.6. The Morgan fingerprint density at radius 3 is 2.38 bits per heavy atom. The van der Waals surface area contributed by atoms with Crippen LogP contribution in [-0.2, 0) is 0 Å². The van der Waals surface area contributed by atoms with Crippen LogP contribution in [0.2, 0.25) is 5.02 Å². The summed E-state index contributed by atoms with van der Waals surface area (Å²) in [7, 11) is 0. The zero-order valence-electron chi connectivity index (χ0n) is 13.8. The van der Waals surface area contributed by atoms with Crippen LogP contribution in [0, 0.1) is 0 Å². The predicted molar refractivity (Wildman–Crippen MR) is 106 cm³/mol. The lowest BCUT2D eigenvalue weighted by Gasteiger charge is -2.10. The van der Waals surface area contributed by atoms with Gasteiger partial charge < -0.3 is 0 Å². The van der Waals surface area contributed by atoms with Crippen LogP contribution >= 0.6 is 11.6 Å². The highest BCUT2D eigenvalue weighted by atomic mass is 35.5. The van der Waals surface area contributed by atoms with Gasteiger partial charge in [0.05, 0.1) is 16.7 Å². The second-order valence-electron chi connectivity index (χ2n) is 5.85. The summed E-state index contributed by atoms with van der Waals surface area (Å²) in [6.45, 7) is 0. The van der Waals surface area contributed by atoms with E-state index in [2.05, 4.69) is 4.98 Å². The third-order valence-corrected chi connectivity index (χ3v) is 4.52. The molecule has 1 heterocycles. The van der Waals surface area contributed by atoms with Crippen molar-refractivity contribution in [3.63, 3.8) is 0 Å². The standard InChI is InChI=1S/C22H15ClN2O/c23-18-11-5-4-10-17(18)14-21(22(26)16-8-2-1-3-9-16)25-15-24-19-12-6-7-13-20(19)25/h1-15H/b21-14+. The Kier molecular flexibility index (Phi) is 4.38. The van der Waals surface area contributed by atoms with Gasteiger partial charge in [0, 0.05) is 10.6 Å². The van der Waals surface area contributed by atoms with Crippen molar-refractivity contribution in [2.45, 2.75) is 0 Å². The van der Waals surface area contributed by atoms with Gasteiger partial charge in [-0.3, -0.25) is 9.36 Å². The topological polar surface area (TPSA) is 34.9 Å². The molecule has 126 valence electrons. The number of fused-ring (bicyclic) bond motifs is 1. The van der Waals surface area contributed by atoms with Crippen LogP contribution in [0.1, 0.15) is 15.9 Å². The Hall–Kier alpha value is -3.17. The van der Waals surface area contributed by atoms with Crippen molar-refractivity contribution < 1.29 is 4.79 Å². The largest absolute Gasteiger partial charge is 0.295 e. The number of benzene rings is 3. The number of hydrogen-bond acceptors (Lipinski definition) is 2. The highest BCUT2D eigenvalue weighted by Crippen LogP contribution is 2.25. The average Bonchev–Trinajstić information content (AvgIpc) is 3.11. The number of para-hydroxylation sites is 2. The maximum Gasteiger partial charge on any atom is 0.209 e. The molecule has 4 aromatic rings. The molecule has 0 amide bonds. The molecule has 4 rings (SSSR count). The lowest BCUT2D eigenvalue weighted by Crippen LogP contribution is -2.08. The van der Waals surface area contributed by atoms with E-state index in [0.29, 0.717) is 16.3 Å². The fraction of sp³-hybridized carbons (Fsp3) is 0. The summed E-state index contributed by atoms with van der Waals surface area (Å²) in [6.07, 6.45) is 3.49. The summed E-state index contributed by atoms with van der Waals surface area (Å²) in [5.74, 6) is -0.0892. The van der Waals surface area contributed by atoms with E-state index in [4.69, 9.17) is 11.6 Å². The third kappa shape index (κ3) is 3.05. The van der Waals surface area contributed by atoms with E-state index >= 15 is 0 Å². The minimum absolute atomic E-state index is 0.0892. The maximum absolute atomic E-state index is 13.2. The first kappa shape index (κ1) is 16.3. The third-order valence-electron chi connectivity index (χ3n) is 4.18. The van der Waals surface area contributed by atoms with Gasteiger partial charge in [0.2, 0.25) is 5.78 Å². The number of nitrogens with zero attached hydrogens (tertiary/aromatic N) is 2. The first-order valence-electron chi connectivity index (χ1n) is 8.22. The van der Waals surface area contributed by atoms with E-state index < -0.39 is 0 Å². The molecule has 1 aromatic heterocycles. The Bertz CT molecular complexity index is 1110. The van der Waals surface area contributed by atoms with Gasteiger partial charge in [-0.25, -0.2) is 4.98 Å². The van der Waals surface area contributed by atoms with E-state index in [1.807, 2.05) is 89.5 Å². The number of Topliss-reactive ketones (excluding diaryl/α,β-unsaturated/α-hetero) is 1. The van der Waals surface area contributed by atoms with Gasteiger partial charge in [-0.2, -0.15) is 0 Å². The molecule has 0 aliphatic rings. The molecule has 0 radical (unpaired) electrons. The van der Waals surface area contributed by atoms with E-state index in [-0.39, 0.29) is 5.78 Å². The lowest BCUT2D eigenvalue weighted by atomic mass is 10.1. The van der Waals surface area contributed by atoms with Crippen molar-refractivity contribution in [3.05, 3.63) is 101 Å². The Morgan fingerprint density at radius 1 is 0.885 bits per heavy atom. The molecule has 0 aliphatic heterocycles. The number of ketones is 1. The number of aromatic nitrogens is 2. The molecule has 3 aromatic carbocycles. The molecule has 0 aliphatic carbocycles. The molecule has 0 saturated heterocycles. The van der Waals surface area contributed by atoms with Gasteiger partial charge in [0.15, 0.2) is 0 Å². The maximum atomic E-state index is 13.2. The van der Waals surface area contributed by atoms with Gasteiger partial charge in [-0.15, -0.1) is 0 Å². The summed E-state index contributed by atoms with van der Waals surface area (Å²) in [5.41, 5.74) is 3.60. The van der Waals surface area contributed by atoms with Crippen molar-refractivity contribution in [2.24, 2.45) is 0 Å². The molecule has 0 spiro atoms. The molecule has 0 saturated carbocycles. The van der Waals surface area contributed by atoms with Crippen molar-refractivity contribution in [1.29, 1.82) is 0 Å². The van der Waals surface area contributed by atoms with Gasteiger partial charge in [-0.05, 0) is 29.8 Å². The van der Waals surface area contributed by atoms with Crippen LogP contribution in [0.4, 0.5) is 0 Å².